The third kappa shape index (κ3) is 2.09. The van der Waals surface area contributed by atoms with Crippen LogP contribution in [0, 0.1) is 0 Å². The molecule has 0 amide bonds. The minimum absolute atomic E-state index is 0. The monoisotopic (exact) mass is 304 g/mol. The number of aryl methyl sites for hydroxylation is 1. The predicted molar refractivity (Wildman–Crippen MR) is 84.0 cm³/mol. The molecule has 1 aliphatic rings. The van der Waals surface area contributed by atoms with Gasteiger partial charge >= 0.3 is 0 Å². The zero-order valence-corrected chi connectivity index (χ0v) is 12.4. The molecule has 3 N–H and O–H groups in total. The minimum atomic E-state index is 0. The fraction of sp³-hybridized carbons (Fsp3) is 0.267. The van der Waals surface area contributed by atoms with E-state index in [1.807, 2.05) is 36.1 Å². The Morgan fingerprint density at radius 1 is 1.38 bits per heavy atom. The van der Waals surface area contributed by atoms with Crippen LogP contribution in [0.15, 0.2) is 30.6 Å². The molecule has 0 saturated carbocycles. The Bertz CT molecular complexity index is 792. The molecule has 1 atom stereocenters. The van der Waals surface area contributed by atoms with Gasteiger partial charge in [-0.1, -0.05) is 0 Å². The Labute approximate surface area is 128 Å². The van der Waals surface area contributed by atoms with Gasteiger partial charge in [-0.2, -0.15) is 0 Å². The molecule has 1 unspecified atom stereocenters. The van der Waals surface area contributed by atoms with E-state index >= 15 is 0 Å². The Hall–Kier alpha value is -1.98. The Balaban J connectivity index is 0.00000132. The summed E-state index contributed by atoms with van der Waals surface area (Å²) in [4.78, 5) is 7.94. The molecule has 6 heteroatoms. The van der Waals surface area contributed by atoms with Gasteiger partial charge in [0.2, 0.25) is 0 Å². The van der Waals surface area contributed by atoms with Crippen molar-refractivity contribution in [2.75, 3.05) is 6.54 Å². The van der Waals surface area contributed by atoms with Crippen LogP contribution in [0.1, 0.15) is 23.1 Å². The van der Waals surface area contributed by atoms with E-state index in [-0.39, 0.29) is 18.4 Å². The van der Waals surface area contributed by atoms with Crippen LogP contribution in [0.25, 0.3) is 10.9 Å². The highest BCUT2D eigenvalue weighted by atomic mass is 35.5. The van der Waals surface area contributed by atoms with Gasteiger partial charge in [0.1, 0.15) is 17.6 Å². The van der Waals surface area contributed by atoms with Crippen LogP contribution < -0.4 is 5.32 Å². The van der Waals surface area contributed by atoms with Gasteiger partial charge in [-0.15, -0.1) is 12.4 Å². The van der Waals surface area contributed by atoms with Gasteiger partial charge < -0.3 is 20.0 Å². The van der Waals surface area contributed by atoms with E-state index in [0.29, 0.717) is 5.75 Å². The first kappa shape index (κ1) is 14.0. The predicted octanol–water partition coefficient (Wildman–Crippen LogP) is 2.26. The summed E-state index contributed by atoms with van der Waals surface area (Å²) in [6.07, 6.45) is 4.74. The zero-order chi connectivity index (χ0) is 13.7. The second-order valence-corrected chi connectivity index (χ2v) is 5.28. The highest BCUT2D eigenvalue weighted by molar-refractivity contribution is 5.86. The van der Waals surface area contributed by atoms with E-state index in [4.69, 9.17) is 0 Å². The molecule has 3 aromatic rings. The normalized spacial score (nSPS) is 17.5. The summed E-state index contributed by atoms with van der Waals surface area (Å²) >= 11 is 0. The maximum atomic E-state index is 9.70. The lowest BCUT2D eigenvalue weighted by Crippen LogP contribution is -2.32. The first-order chi connectivity index (χ1) is 9.74. The van der Waals surface area contributed by atoms with Gasteiger partial charge in [-0.3, -0.25) is 0 Å². The number of imidazole rings is 1. The number of aromatic nitrogens is 3. The summed E-state index contributed by atoms with van der Waals surface area (Å²) in [5.74, 6) is 1.31. The van der Waals surface area contributed by atoms with Crippen LogP contribution in [0.4, 0.5) is 0 Å². The third-order valence-corrected chi connectivity index (χ3v) is 4.05. The van der Waals surface area contributed by atoms with Crippen LogP contribution in [-0.2, 0) is 13.5 Å². The summed E-state index contributed by atoms with van der Waals surface area (Å²) in [5.41, 5.74) is 3.50. The first-order valence-corrected chi connectivity index (χ1v) is 6.78. The molecule has 0 radical (unpaired) electrons. The Kier molecular flexibility index (Phi) is 3.39. The van der Waals surface area contributed by atoms with Crippen molar-refractivity contribution in [3.8, 4) is 5.75 Å². The van der Waals surface area contributed by atoms with Crippen molar-refractivity contribution < 1.29 is 5.11 Å². The molecule has 1 aliphatic heterocycles. The fourth-order valence-electron chi connectivity index (χ4n) is 3.09. The number of phenolic OH excluding ortho intramolecular Hbond substituents is 1. The van der Waals surface area contributed by atoms with Crippen LogP contribution in [0.2, 0.25) is 0 Å². The third-order valence-electron chi connectivity index (χ3n) is 4.05. The SMILES string of the molecule is Cl.Cn1ccnc1C1NCCc2c1[nH]c1ccc(O)cc21. The van der Waals surface area contributed by atoms with Crippen molar-refractivity contribution in [1.82, 2.24) is 19.9 Å². The van der Waals surface area contributed by atoms with Gasteiger partial charge in [0, 0.05) is 42.6 Å². The molecule has 110 valence electrons. The number of aromatic hydroxyl groups is 1. The van der Waals surface area contributed by atoms with Crippen LogP contribution in [0.5, 0.6) is 5.75 Å². The standard InChI is InChI=1S/C15H16N4O.ClH/c1-19-7-6-17-15(19)14-13-10(4-5-16-14)11-8-9(20)2-3-12(11)18-13;/h2-3,6-8,14,16,18,20H,4-5H2,1H3;1H. The summed E-state index contributed by atoms with van der Waals surface area (Å²) in [6.45, 7) is 0.910. The smallest absolute Gasteiger partial charge is 0.131 e. The molecule has 4 rings (SSSR count). The average molecular weight is 305 g/mol. The maximum Gasteiger partial charge on any atom is 0.131 e. The first-order valence-electron chi connectivity index (χ1n) is 6.78. The molecule has 0 fully saturated rings. The van der Waals surface area contributed by atoms with Crippen LogP contribution in [0.3, 0.4) is 0 Å². The lowest BCUT2D eigenvalue weighted by atomic mass is 9.98. The summed E-state index contributed by atoms with van der Waals surface area (Å²) in [6, 6.07) is 5.56. The van der Waals surface area contributed by atoms with E-state index in [0.717, 1.165) is 35.4 Å². The number of rotatable bonds is 1. The second kappa shape index (κ2) is 5.09. The van der Waals surface area contributed by atoms with Crippen molar-refractivity contribution in [1.29, 1.82) is 0 Å². The lowest BCUT2D eigenvalue weighted by Gasteiger charge is -2.24. The molecule has 2 aromatic heterocycles. The van der Waals surface area contributed by atoms with Crippen molar-refractivity contribution in [2.45, 2.75) is 12.5 Å². The average Bonchev–Trinajstić information content (AvgIpc) is 3.02. The maximum absolute atomic E-state index is 9.70. The van der Waals surface area contributed by atoms with E-state index in [1.54, 1.807) is 6.07 Å². The molecule has 0 saturated heterocycles. The van der Waals surface area contributed by atoms with E-state index in [2.05, 4.69) is 15.3 Å². The van der Waals surface area contributed by atoms with Crippen LogP contribution >= 0.6 is 12.4 Å². The number of H-pyrrole nitrogens is 1. The molecule has 21 heavy (non-hydrogen) atoms. The van der Waals surface area contributed by atoms with E-state index in [1.165, 1.54) is 5.56 Å². The number of aromatic amines is 1. The molecule has 0 aliphatic carbocycles. The van der Waals surface area contributed by atoms with E-state index in [9.17, 15) is 5.11 Å². The molecule has 1 aromatic carbocycles. The number of benzene rings is 1. The molecule has 0 spiro atoms. The highest BCUT2D eigenvalue weighted by Crippen LogP contribution is 2.34. The number of nitrogens with one attached hydrogen (secondary N) is 2. The summed E-state index contributed by atoms with van der Waals surface area (Å²) in [7, 11) is 2.01. The largest absolute Gasteiger partial charge is 0.508 e. The van der Waals surface area contributed by atoms with Gasteiger partial charge in [0.15, 0.2) is 0 Å². The van der Waals surface area contributed by atoms with Gasteiger partial charge in [0.05, 0.1) is 0 Å². The van der Waals surface area contributed by atoms with Crippen molar-refractivity contribution in [2.24, 2.45) is 7.05 Å². The summed E-state index contributed by atoms with van der Waals surface area (Å²) in [5, 5.41) is 14.3. The minimum Gasteiger partial charge on any atom is -0.508 e. The summed E-state index contributed by atoms with van der Waals surface area (Å²) < 4.78 is 2.04. The number of halogens is 1. The second-order valence-electron chi connectivity index (χ2n) is 5.28. The molecular formula is C15H17ClN4O. The lowest BCUT2D eigenvalue weighted by molar-refractivity contribution is 0.476. The van der Waals surface area contributed by atoms with Gasteiger partial charge in [-0.05, 0) is 30.2 Å². The Morgan fingerprint density at radius 3 is 3.00 bits per heavy atom. The van der Waals surface area contributed by atoms with E-state index < -0.39 is 0 Å². The molecule has 3 heterocycles. The number of phenols is 1. The number of nitrogens with zero attached hydrogens (tertiary/aromatic N) is 2. The van der Waals surface area contributed by atoms with Gasteiger partial charge in [-0.25, -0.2) is 4.98 Å². The molecule has 5 nitrogen and oxygen atoms in total. The van der Waals surface area contributed by atoms with Crippen molar-refractivity contribution in [3.05, 3.63) is 47.7 Å². The number of hydrogen-bond acceptors (Lipinski definition) is 3. The molecule has 0 bridgehead atoms. The quantitative estimate of drug-likeness (QED) is 0.646. The number of fused-ring (bicyclic) bond motifs is 3. The Morgan fingerprint density at radius 2 is 2.24 bits per heavy atom. The van der Waals surface area contributed by atoms with Crippen molar-refractivity contribution >= 4 is 23.3 Å². The zero-order valence-electron chi connectivity index (χ0n) is 11.6. The van der Waals surface area contributed by atoms with Gasteiger partial charge in [0.25, 0.3) is 0 Å². The van der Waals surface area contributed by atoms with Crippen LogP contribution in [-0.4, -0.2) is 26.2 Å². The van der Waals surface area contributed by atoms with Crippen molar-refractivity contribution in [3.63, 3.8) is 0 Å². The highest BCUT2D eigenvalue weighted by Gasteiger charge is 2.27. The topological polar surface area (TPSA) is 65.9 Å². The fourth-order valence-corrected chi connectivity index (χ4v) is 3.09. The number of hydrogen-bond donors (Lipinski definition) is 3. The molecular weight excluding hydrogens is 288 g/mol.